The summed E-state index contributed by atoms with van der Waals surface area (Å²) in [5.74, 6) is -1.35. The second kappa shape index (κ2) is 6.73. The Labute approximate surface area is 88.9 Å². The van der Waals surface area contributed by atoms with Gasteiger partial charge < -0.3 is 26.8 Å². The van der Waals surface area contributed by atoms with Gasteiger partial charge in [-0.15, -0.1) is 0 Å². The number of aliphatic hydroxyl groups excluding tert-OH is 1. The minimum atomic E-state index is -1.96. The molecule has 0 heterocycles. The van der Waals surface area contributed by atoms with E-state index >= 15 is 0 Å². The molecule has 7 N–H and O–H groups in total. The zero-order valence-electron chi connectivity index (χ0n) is 8.72. The third kappa shape index (κ3) is 4.13. The number of carboxylic acid groups (broad SMARTS) is 1. The van der Waals surface area contributed by atoms with Gasteiger partial charge in [0.25, 0.3) is 0 Å². The van der Waals surface area contributed by atoms with E-state index in [2.05, 4.69) is 0 Å². The number of carbonyl (C=O) groups is 1. The number of hydrogen-bond donors (Lipinski definition) is 5. The van der Waals surface area contributed by atoms with Crippen molar-refractivity contribution in [1.82, 2.24) is 0 Å². The highest BCUT2D eigenvalue weighted by molar-refractivity contribution is 5.78. The Kier molecular flexibility index (Phi) is 6.42. The lowest BCUT2D eigenvalue weighted by atomic mass is 9.87. The summed E-state index contributed by atoms with van der Waals surface area (Å²) in [6.45, 7) is 0.239. The first-order valence-electron chi connectivity index (χ1n) is 5.01. The average molecular weight is 220 g/mol. The third-order valence-corrected chi connectivity index (χ3v) is 2.42. The summed E-state index contributed by atoms with van der Waals surface area (Å²) < 4.78 is 0. The van der Waals surface area contributed by atoms with Crippen molar-refractivity contribution in [2.75, 3.05) is 13.2 Å². The van der Waals surface area contributed by atoms with Crippen LogP contribution in [0.15, 0.2) is 0 Å². The van der Waals surface area contributed by atoms with Gasteiger partial charge >= 0.3 is 5.97 Å². The topological polar surface area (TPSA) is 130 Å². The van der Waals surface area contributed by atoms with Gasteiger partial charge in [0, 0.05) is 12.6 Å². The maximum absolute atomic E-state index is 10.9. The lowest BCUT2D eigenvalue weighted by Gasteiger charge is -2.29. The van der Waals surface area contributed by atoms with Crippen molar-refractivity contribution in [3.05, 3.63) is 0 Å². The van der Waals surface area contributed by atoms with Crippen LogP contribution in [0.3, 0.4) is 0 Å². The van der Waals surface area contributed by atoms with E-state index < -0.39 is 17.6 Å². The van der Waals surface area contributed by atoms with Crippen LogP contribution >= 0.6 is 0 Å². The Morgan fingerprint density at radius 2 is 2.00 bits per heavy atom. The molecule has 0 aliphatic heterocycles. The van der Waals surface area contributed by atoms with Crippen molar-refractivity contribution < 1.29 is 20.1 Å². The van der Waals surface area contributed by atoms with Crippen LogP contribution in [-0.2, 0) is 4.79 Å². The summed E-state index contributed by atoms with van der Waals surface area (Å²) in [6.07, 6.45) is 1.07. The van der Waals surface area contributed by atoms with Gasteiger partial charge in [-0.05, 0) is 32.2 Å². The highest BCUT2D eigenvalue weighted by atomic mass is 16.4. The predicted molar refractivity (Wildman–Crippen MR) is 55.2 cm³/mol. The number of rotatable bonds is 8. The Bertz CT molecular complexity index is 201. The molecule has 2 atom stereocenters. The maximum atomic E-state index is 10.9. The molecule has 2 unspecified atom stereocenters. The van der Waals surface area contributed by atoms with Crippen molar-refractivity contribution in [3.63, 3.8) is 0 Å². The van der Waals surface area contributed by atoms with Crippen molar-refractivity contribution in [2.24, 2.45) is 11.5 Å². The summed E-state index contributed by atoms with van der Waals surface area (Å²) in [5, 5.41) is 27.3. The Morgan fingerprint density at radius 1 is 1.40 bits per heavy atom. The molecule has 0 rings (SSSR count). The van der Waals surface area contributed by atoms with Gasteiger partial charge in [-0.3, -0.25) is 0 Å². The van der Waals surface area contributed by atoms with Crippen LogP contribution < -0.4 is 11.5 Å². The van der Waals surface area contributed by atoms with Crippen LogP contribution in [0, 0.1) is 0 Å². The summed E-state index contributed by atoms with van der Waals surface area (Å²) >= 11 is 0. The van der Waals surface area contributed by atoms with Gasteiger partial charge in [-0.25, -0.2) is 4.79 Å². The quantitative estimate of drug-likeness (QED) is 0.343. The number of aliphatic carboxylic acids is 1. The van der Waals surface area contributed by atoms with Gasteiger partial charge in [0.2, 0.25) is 0 Å². The van der Waals surface area contributed by atoms with E-state index in [9.17, 15) is 9.90 Å². The van der Waals surface area contributed by atoms with Crippen LogP contribution in [0.4, 0.5) is 0 Å². The van der Waals surface area contributed by atoms with E-state index in [-0.39, 0.29) is 19.4 Å². The maximum Gasteiger partial charge on any atom is 0.337 e. The monoisotopic (exact) mass is 220 g/mol. The first-order chi connectivity index (χ1) is 6.99. The molecule has 0 radical (unpaired) electrons. The molecule has 0 aromatic carbocycles. The molecule has 0 saturated heterocycles. The molecular formula is C9H20N2O4. The zero-order valence-corrected chi connectivity index (χ0v) is 8.72. The largest absolute Gasteiger partial charge is 0.479 e. The summed E-state index contributed by atoms with van der Waals surface area (Å²) in [7, 11) is 0. The van der Waals surface area contributed by atoms with Crippen molar-refractivity contribution in [3.8, 4) is 0 Å². The molecule has 0 fully saturated rings. The fourth-order valence-electron chi connectivity index (χ4n) is 1.38. The van der Waals surface area contributed by atoms with Crippen molar-refractivity contribution in [1.29, 1.82) is 0 Å². The number of carboxylic acids is 1. The van der Waals surface area contributed by atoms with Crippen LogP contribution in [0.5, 0.6) is 0 Å². The lowest BCUT2D eigenvalue weighted by Crippen LogP contribution is -2.54. The minimum Gasteiger partial charge on any atom is -0.479 e. The number of nitrogens with two attached hydrogens (primary N) is 2. The van der Waals surface area contributed by atoms with Gasteiger partial charge in [0.05, 0.1) is 0 Å². The number of aliphatic hydroxyl groups is 2. The molecular weight excluding hydrogens is 200 g/mol. The molecule has 0 aliphatic rings. The fourth-order valence-corrected chi connectivity index (χ4v) is 1.38. The molecule has 6 nitrogen and oxygen atoms in total. The molecule has 0 spiro atoms. The van der Waals surface area contributed by atoms with Gasteiger partial charge in [0.1, 0.15) is 0 Å². The van der Waals surface area contributed by atoms with E-state index in [1.165, 1.54) is 0 Å². The SMILES string of the molecule is NCCCC(N)C(O)(CCCO)C(=O)O. The van der Waals surface area contributed by atoms with Gasteiger partial charge in [-0.2, -0.15) is 0 Å². The summed E-state index contributed by atoms with van der Waals surface area (Å²) in [4.78, 5) is 10.9. The van der Waals surface area contributed by atoms with Gasteiger partial charge in [-0.1, -0.05) is 0 Å². The second-order valence-corrected chi connectivity index (χ2v) is 3.59. The average Bonchev–Trinajstić information content (AvgIpc) is 2.21. The first kappa shape index (κ1) is 14.3. The number of hydrogen-bond acceptors (Lipinski definition) is 5. The normalized spacial score (nSPS) is 17.1. The van der Waals surface area contributed by atoms with Crippen molar-refractivity contribution in [2.45, 2.75) is 37.3 Å². The van der Waals surface area contributed by atoms with Crippen molar-refractivity contribution >= 4 is 5.97 Å². The highest BCUT2D eigenvalue weighted by Gasteiger charge is 2.41. The van der Waals surface area contributed by atoms with Gasteiger partial charge in [0.15, 0.2) is 5.60 Å². The molecule has 15 heavy (non-hydrogen) atoms. The lowest BCUT2D eigenvalue weighted by molar-refractivity contribution is -0.162. The minimum absolute atomic E-state index is 0.0510. The van der Waals surface area contributed by atoms with E-state index in [1.54, 1.807) is 0 Å². The van der Waals surface area contributed by atoms with Crippen LogP contribution in [0.1, 0.15) is 25.7 Å². The predicted octanol–water partition coefficient (Wildman–Crippen LogP) is -1.36. The molecule has 0 aromatic heterocycles. The zero-order chi connectivity index (χ0) is 11.9. The Balaban J connectivity index is 4.40. The standard InChI is InChI=1S/C9H20N2O4/c10-5-1-3-7(11)9(15,8(13)14)4-2-6-12/h7,12,15H,1-6,10-11H2,(H,13,14). The van der Waals surface area contributed by atoms with Crippen LogP contribution in [0.2, 0.25) is 0 Å². The van der Waals surface area contributed by atoms with E-state index in [4.69, 9.17) is 21.7 Å². The fraction of sp³-hybridized carbons (Fsp3) is 0.889. The Hall–Kier alpha value is -0.690. The Morgan fingerprint density at radius 3 is 2.40 bits per heavy atom. The summed E-state index contributed by atoms with van der Waals surface area (Å²) in [5.41, 5.74) is 8.92. The second-order valence-electron chi connectivity index (χ2n) is 3.59. The highest BCUT2D eigenvalue weighted by Crippen LogP contribution is 2.19. The first-order valence-corrected chi connectivity index (χ1v) is 5.01. The molecule has 6 heteroatoms. The van der Waals surface area contributed by atoms with E-state index in [1.807, 2.05) is 0 Å². The molecule has 0 amide bonds. The molecule has 0 saturated carbocycles. The van der Waals surface area contributed by atoms with Crippen LogP contribution in [0.25, 0.3) is 0 Å². The molecule has 0 aliphatic carbocycles. The molecule has 0 aromatic rings. The third-order valence-electron chi connectivity index (χ3n) is 2.42. The van der Waals surface area contributed by atoms with Crippen LogP contribution in [-0.4, -0.2) is 46.1 Å². The molecule has 90 valence electrons. The van der Waals surface area contributed by atoms with E-state index in [0.717, 1.165) is 0 Å². The molecule has 0 bridgehead atoms. The summed E-state index contributed by atoms with van der Waals surface area (Å²) in [6, 6.07) is -0.856. The smallest absolute Gasteiger partial charge is 0.337 e. The van der Waals surface area contributed by atoms with E-state index in [0.29, 0.717) is 19.4 Å².